The van der Waals surface area contributed by atoms with Gasteiger partial charge in [-0.2, -0.15) is 5.10 Å². The number of nitrogens with two attached hydrogens (primary N) is 1. The van der Waals surface area contributed by atoms with Gasteiger partial charge in [-0.1, -0.05) is 0 Å². The van der Waals surface area contributed by atoms with E-state index in [1.54, 1.807) is 0 Å². The summed E-state index contributed by atoms with van der Waals surface area (Å²) in [6.07, 6.45) is 2.80. The lowest BCUT2D eigenvalue weighted by Crippen LogP contribution is -2.13. The monoisotopic (exact) mass is 284 g/mol. The molecule has 19 heavy (non-hydrogen) atoms. The van der Waals surface area contributed by atoms with E-state index in [0.29, 0.717) is 0 Å². The average molecular weight is 284 g/mol. The molecule has 1 aliphatic rings. The van der Waals surface area contributed by atoms with Gasteiger partial charge < -0.3 is 0 Å². The highest BCUT2D eigenvalue weighted by Crippen LogP contribution is 2.27. The summed E-state index contributed by atoms with van der Waals surface area (Å²) >= 11 is 0. The third-order valence-electron chi connectivity index (χ3n) is 2.76. The van der Waals surface area contributed by atoms with Crippen LogP contribution in [0, 0.1) is 10.1 Å². The number of nitro groups is 1. The highest BCUT2D eigenvalue weighted by molar-refractivity contribution is 7.89. The first-order valence-electron chi connectivity index (χ1n) is 5.50. The summed E-state index contributed by atoms with van der Waals surface area (Å²) in [5, 5.41) is 19.9. The van der Waals surface area contributed by atoms with Crippen molar-refractivity contribution in [2.24, 2.45) is 10.2 Å². The standard InChI is InChI=1S/C10H12N4O4S/c11-19(17,18)8-4-5-9(10(6-8)14(15)16)13-12-7-2-1-3-7/h4-6,13H,1-3H2,(H2,11,17,18). The third kappa shape index (κ3) is 3.06. The van der Waals surface area contributed by atoms with Crippen molar-refractivity contribution in [3.8, 4) is 0 Å². The highest BCUT2D eigenvalue weighted by Gasteiger charge is 2.19. The van der Waals surface area contributed by atoms with Gasteiger partial charge in [0.2, 0.25) is 10.0 Å². The van der Waals surface area contributed by atoms with Gasteiger partial charge in [0.1, 0.15) is 5.69 Å². The Labute approximate surface area is 109 Å². The first-order valence-corrected chi connectivity index (χ1v) is 7.05. The SMILES string of the molecule is NS(=O)(=O)c1ccc(NN=C2CCC2)c([N+](=O)[O-])c1. The molecule has 1 aromatic rings. The number of benzene rings is 1. The molecule has 8 nitrogen and oxygen atoms in total. The highest BCUT2D eigenvalue weighted by atomic mass is 32.2. The molecule has 9 heteroatoms. The Balaban J connectivity index is 2.35. The second kappa shape index (κ2) is 4.94. The molecule has 2 rings (SSSR count). The number of nitrogens with zero attached hydrogens (tertiary/aromatic N) is 2. The molecule has 0 aromatic heterocycles. The van der Waals surface area contributed by atoms with Crippen molar-refractivity contribution >= 4 is 27.1 Å². The van der Waals surface area contributed by atoms with E-state index in [9.17, 15) is 18.5 Å². The van der Waals surface area contributed by atoms with E-state index in [2.05, 4.69) is 10.5 Å². The van der Waals surface area contributed by atoms with Gasteiger partial charge in [-0.05, 0) is 31.4 Å². The van der Waals surface area contributed by atoms with Crippen LogP contribution in [-0.4, -0.2) is 19.1 Å². The molecule has 0 radical (unpaired) electrons. The number of hydrazone groups is 1. The first-order chi connectivity index (χ1) is 8.88. The molecule has 3 N–H and O–H groups in total. The van der Waals surface area contributed by atoms with Crippen LogP contribution in [-0.2, 0) is 10.0 Å². The summed E-state index contributed by atoms with van der Waals surface area (Å²) in [6.45, 7) is 0. The van der Waals surface area contributed by atoms with Gasteiger partial charge >= 0.3 is 0 Å². The molecule has 1 aliphatic carbocycles. The lowest BCUT2D eigenvalue weighted by atomic mass is 9.98. The summed E-state index contributed by atoms with van der Waals surface area (Å²) < 4.78 is 22.3. The van der Waals surface area contributed by atoms with Crippen molar-refractivity contribution < 1.29 is 13.3 Å². The fourth-order valence-corrected chi connectivity index (χ4v) is 2.05. The number of rotatable bonds is 4. The number of sulfonamides is 1. The molecular weight excluding hydrogens is 272 g/mol. The average Bonchev–Trinajstić information content (AvgIpc) is 2.25. The lowest BCUT2D eigenvalue weighted by molar-refractivity contribution is -0.384. The van der Waals surface area contributed by atoms with Crippen molar-refractivity contribution in [1.82, 2.24) is 0 Å². The smallest absolute Gasteiger partial charge is 0.272 e. The lowest BCUT2D eigenvalue weighted by Gasteiger charge is -2.14. The van der Waals surface area contributed by atoms with E-state index in [0.717, 1.165) is 31.0 Å². The molecule has 1 saturated carbocycles. The molecule has 0 aliphatic heterocycles. The predicted molar refractivity (Wildman–Crippen MR) is 69.4 cm³/mol. The molecule has 0 spiro atoms. The minimum absolute atomic E-state index is 0.136. The Hall–Kier alpha value is -2.00. The van der Waals surface area contributed by atoms with Gasteiger partial charge in [0, 0.05) is 11.8 Å². The largest absolute Gasteiger partial charge is 0.295 e. The molecule has 0 saturated heterocycles. The van der Waals surface area contributed by atoms with Gasteiger partial charge in [0.05, 0.1) is 9.82 Å². The van der Waals surface area contributed by atoms with E-state index in [4.69, 9.17) is 5.14 Å². The Bertz CT molecular complexity index is 647. The van der Waals surface area contributed by atoms with Crippen LogP contribution in [0.15, 0.2) is 28.2 Å². The van der Waals surface area contributed by atoms with Crippen LogP contribution in [0.1, 0.15) is 19.3 Å². The summed E-state index contributed by atoms with van der Waals surface area (Å²) in [4.78, 5) is 9.92. The minimum atomic E-state index is -3.97. The van der Waals surface area contributed by atoms with Gasteiger partial charge in [-0.3, -0.25) is 15.5 Å². The number of hydrogen-bond acceptors (Lipinski definition) is 6. The van der Waals surface area contributed by atoms with Crippen molar-refractivity contribution in [3.05, 3.63) is 28.3 Å². The number of hydrogen-bond donors (Lipinski definition) is 2. The quantitative estimate of drug-likeness (QED) is 0.634. The maximum atomic E-state index is 11.1. The number of anilines is 1. The zero-order valence-corrected chi connectivity index (χ0v) is 10.7. The maximum absolute atomic E-state index is 11.1. The van der Waals surface area contributed by atoms with Gasteiger partial charge in [0.25, 0.3) is 5.69 Å². The summed E-state index contributed by atoms with van der Waals surface area (Å²) in [7, 11) is -3.97. The van der Waals surface area contributed by atoms with Crippen LogP contribution in [0.25, 0.3) is 0 Å². The second-order valence-electron chi connectivity index (χ2n) is 4.12. The van der Waals surface area contributed by atoms with Crippen molar-refractivity contribution in [2.45, 2.75) is 24.2 Å². The van der Waals surface area contributed by atoms with E-state index in [1.807, 2.05) is 0 Å². The number of nitrogens with one attached hydrogen (secondary N) is 1. The van der Waals surface area contributed by atoms with Crippen LogP contribution < -0.4 is 10.6 Å². The van der Waals surface area contributed by atoms with E-state index in [-0.39, 0.29) is 16.3 Å². The molecular formula is C10H12N4O4S. The van der Waals surface area contributed by atoms with Crippen LogP contribution in [0.5, 0.6) is 0 Å². The molecule has 1 aromatic carbocycles. The summed E-state index contributed by atoms with van der Waals surface area (Å²) in [6, 6.07) is 3.39. The normalized spacial score (nSPS) is 14.7. The number of nitro benzene ring substituents is 1. The summed E-state index contributed by atoms with van der Waals surface area (Å²) in [5.74, 6) is 0. The Morgan fingerprint density at radius 3 is 2.53 bits per heavy atom. The number of primary sulfonamides is 1. The minimum Gasteiger partial charge on any atom is -0.272 e. The topological polar surface area (TPSA) is 128 Å². The molecule has 0 atom stereocenters. The zero-order valence-electron chi connectivity index (χ0n) is 9.87. The Kier molecular flexibility index (Phi) is 3.49. The van der Waals surface area contributed by atoms with Crippen molar-refractivity contribution in [2.75, 3.05) is 5.43 Å². The van der Waals surface area contributed by atoms with Gasteiger partial charge in [-0.25, -0.2) is 13.6 Å². The third-order valence-corrected chi connectivity index (χ3v) is 3.67. The molecule has 0 amide bonds. The van der Waals surface area contributed by atoms with Gasteiger partial charge in [0.15, 0.2) is 0 Å². The van der Waals surface area contributed by atoms with Crippen molar-refractivity contribution in [3.63, 3.8) is 0 Å². The van der Waals surface area contributed by atoms with Crippen LogP contribution in [0.3, 0.4) is 0 Å². The molecule has 0 heterocycles. The summed E-state index contributed by atoms with van der Waals surface area (Å²) in [5.41, 5.74) is 3.28. The molecule has 0 bridgehead atoms. The van der Waals surface area contributed by atoms with E-state index < -0.39 is 14.9 Å². The molecule has 0 unspecified atom stereocenters. The van der Waals surface area contributed by atoms with Crippen LogP contribution in [0.2, 0.25) is 0 Å². The van der Waals surface area contributed by atoms with E-state index in [1.165, 1.54) is 12.1 Å². The van der Waals surface area contributed by atoms with E-state index >= 15 is 0 Å². The fraction of sp³-hybridized carbons (Fsp3) is 0.300. The predicted octanol–water partition coefficient (Wildman–Crippen LogP) is 1.19. The maximum Gasteiger partial charge on any atom is 0.295 e. The fourth-order valence-electron chi connectivity index (χ4n) is 1.52. The Morgan fingerprint density at radius 2 is 2.05 bits per heavy atom. The van der Waals surface area contributed by atoms with Crippen LogP contribution in [0.4, 0.5) is 11.4 Å². The first kappa shape index (κ1) is 13.4. The molecule has 102 valence electrons. The zero-order chi connectivity index (χ0) is 14.0. The molecule has 1 fully saturated rings. The second-order valence-corrected chi connectivity index (χ2v) is 5.69. The van der Waals surface area contributed by atoms with Crippen molar-refractivity contribution in [1.29, 1.82) is 0 Å². The van der Waals surface area contributed by atoms with Gasteiger partial charge in [-0.15, -0.1) is 0 Å². The van der Waals surface area contributed by atoms with Crippen LogP contribution >= 0.6 is 0 Å². The Morgan fingerprint density at radius 1 is 1.37 bits per heavy atom.